The molecule has 0 bridgehead atoms. The minimum absolute atomic E-state index is 0.129. The Morgan fingerprint density at radius 1 is 1.58 bits per heavy atom. The van der Waals surface area contributed by atoms with E-state index in [1.54, 1.807) is 0 Å². The number of hydrogen-bond donors (Lipinski definition) is 1. The van der Waals surface area contributed by atoms with Gasteiger partial charge >= 0.3 is 12.1 Å². The molecule has 0 saturated carbocycles. The molecule has 0 saturated heterocycles. The lowest BCUT2D eigenvalue weighted by Crippen LogP contribution is -2.08. The molecule has 12 heavy (non-hydrogen) atoms. The van der Waals surface area contributed by atoms with Crippen LogP contribution in [0.5, 0.6) is 0 Å². The molecular formula is C5H2F3NO2S. The van der Waals surface area contributed by atoms with E-state index in [0.29, 0.717) is 6.20 Å². The van der Waals surface area contributed by atoms with Gasteiger partial charge in [-0.3, -0.25) is 0 Å². The highest BCUT2D eigenvalue weighted by Gasteiger charge is 2.37. The Bertz CT molecular complexity index is 306. The van der Waals surface area contributed by atoms with E-state index < -0.39 is 22.6 Å². The van der Waals surface area contributed by atoms with Crippen molar-refractivity contribution in [2.75, 3.05) is 0 Å². The summed E-state index contributed by atoms with van der Waals surface area (Å²) in [5, 5.41) is 8.28. The Morgan fingerprint density at radius 2 is 2.17 bits per heavy atom. The fraction of sp³-hybridized carbons (Fsp3) is 0.200. The average molecular weight is 197 g/mol. The largest absolute Gasteiger partial charge is 0.478 e. The Kier molecular flexibility index (Phi) is 2.05. The molecule has 1 heterocycles. The summed E-state index contributed by atoms with van der Waals surface area (Å²) in [5.74, 6) is -1.61. The summed E-state index contributed by atoms with van der Waals surface area (Å²) < 4.78 is 39.0. The molecule has 0 aliphatic carbocycles. The summed E-state index contributed by atoms with van der Waals surface area (Å²) in [7, 11) is 0. The molecule has 1 N–H and O–H groups in total. The van der Waals surface area contributed by atoms with E-state index in [4.69, 9.17) is 5.11 Å². The zero-order valence-electron chi connectivity index (χ0n) is 5.42. The first kappa shape index (κ1) is 8.98. The Labute approximate surface area is 68.6 Å². The maximum Gasteiger partial charge on any atom is 0.427 e. The van der Waals surface area contributed by atoms with E-state index in [1.807, 2.05) is 0 Å². The zero-order chi connectivity index (χ0) is 9.35. The number of carboxylic acids is 1. The average Bonchev–Trinajstić information content (AvgIpc) is 2.30. The molecule has 0 aromatic carbocycles. The van der Waals surface area contributed by atoms with Crippen LogP contribution in [0.1, 0.15) is 15.2 Å². The molecule has 0 atom stereocenters. The molecule has 0 unspecified atom stereocenters. The van der Waals surface area contributed by atoms with Gasteiger partial charge in [-0.05, 0) is 11.5 Å². The monoisotopic (exact) mass is 197 g/mol. The van der Waals surface area contributed by atoms with E-state index in [-0.39, 0.29) is 11.5 Å². The molecule has 1 rings (SSSR count). The third kappa shape index (κ3) is 1.55. The van der Waals surface area contributed by atoms with Crippen LogP contribution in [0.4, 0.5) is 13.2 Å². The van der Waals surface area contributed by atoms with E-state index in [0.717, 1.165) is 0 Å². The number of nitrogens with zero attached hydrogens (tertiary/aromatic N) is 1. The van der Waals surface area contributed by atoms with E-state index in [9.17, 15) is 18.0 Å². The van der Waals surface area contributed by atoms with Crippen LogP contribution in [0, 0.1) is 0 Å². The van der Waals surface area contributed by atoms with Crippen molar-refractivity contribution in [3.8, 4) is 0 Å². The highest BCUT2D eigenvalue weighted by atomic mass is 32.1. The SMILES string of the molecule is O=C(O)c1cnsc1C(F)(F)F. The second-order valence-corrected chi connectivity index (χ2v) is 2.67. The van der Waals surface area contributed by atoms with Crippen molar-refractivity contribution in [2.45, 2.75) is 6.18 Å². The lowest BCUT2D eigenvalue weighted by atomic mass is 10.3. The lowest BCUT2D eigenvalue weighted by Gasteiger charge is -2.02. The number of alkyl halides is 3. The van der Waals surface area contributed by atoms with Gasteiger partial charge in [0.1, 0.15) is 10.4 Å². The number of aromatic carboxylic acids is 1. The number of halogens is 3. The van der Waals surface area contributed by atoms with Crippen LogP contribution in [0.2, 0.25) is 0 Å². The topological polar surface area (TPSA) is 50.2 Å². The fourth-order valence-corrected chi connectivity index (χ4v) is 1.20. The van der Waals surface area contributed by atoms with Gasteiger partial charge < -0.3 is 5.11 Å². The third-order valence-electron chi connectivity index (χ3n) is 1.06. The van der Waals surface area contributed by atoms with Crippen molar-refractivity contribution in [2.24, 2.45) is 0 Å². The Morgan fingerprint density at radius 3 is 2.50 bits per heavy atom. The maximum atomic E-state index is 11.9. The summed E-state index contributed by atoms with van der Waals surface area (Å²) in [6.07, 6.45) is -3.94. The quantitative estimate of drug-likeness (QED) is 0.747. The minimum Gasteiger partial charge on any atom is -0.478 e. The molecule has 3 nitrogen and oxygen atoms in total. The van der Waals surface area contributed by atoms with Gasteiger partial charge in [0.25, 0.3) is 0 Å². The normalized spacial score (nSPS) is 11.6. The highest BCUT2D eigenvalue weighted by Crippen LogP contribution is 2.34. The standard InChI is InChI=1S/C5H2F3NO2S/c6-5(7,8)3-2(4(10)11)1-9-12-3/h1H,(H,10,11). The van der Waals surface area contributed by atoms with Crippen LogP contribution in [0.25, 0.3) is 0 Å². The van der Waals surface area contributed by atoms with Gasteiger partial charge in [-0.25, -0.2) is 4.79 Å². The second-order valence-electron chi connectivity index (χ2n) is 1.87. The minimum atomic E-state index is -4.63. The number of carbonyl (C=O) groups is 1. The summed E-state index contributed by atoms with van der Waals surface area (Å²) in [5.41, 5.74) is -0.799. The van der Waals surface area contributed by atoms with Crippen LogP contribution in [-0.2, 0) is 6.18 Å². The van der Waals surface area contributed by atoms with E-state index in [1.165, 1.54) is 0 Å². The number of carboxylic acid groups (broad SMARTS) is 1. The van der Waals surface area contributed by atoms with Crippen LogP contribution in [0.15, 0.2) is 6.20 Å². The first-order valence-corrected chi connectivity index (χ1v) is 3.45. The van der Waals surface area contributed by atoms with E-state index >= 15 is 0 Å². The van der Waals surface area contributed by atoms with Gasteiger partial charge in [0.05, 0.1) is 6.20 Å². The lowest BCUT2D eigenvalue weighted by molar-refractivity contribution is -0.134. The fourth-order valence-electron chi connectivity index (χ4n) is 0.596. The van der Waals surface area contributed by atoms with Crippen LogP contribution in [0.3, 0.4) is 0 Å². The van der Waals surface area contributed by atoms with Crippen LogP contribution < -0.4 is 0 Å². The molecular weight excluding hydrogens is 195 g/mol. The molecule has 1 aromatic heterocycles. The predicted molar refractivity (Wildman–Crippen MR) is 34.1 cm³/mol. The molecule has 0 radical (unpaired) electrons. The van der Waals surface area contributed by atoms with Crippen molar-refractivity contribution >= 4 is 17.5 Å². The van der Waals surface area contributed by atoms with Gasteiger partial charge in [0, 0.05) is 0 Å². The third-order valence-corrected chi connectivity index (χ3v) is 1.90. The molecule has 66 valence electrons. The molecule has 0 amide bonds. The molecule has 0 aliphatic rings. The van der Waals surface area contributed by atoms with E-state index in [2.05, 4.69) is 4.37 Å². The van der Waals surface area contributed by atoms with Crippen molar-refractivity contribution in [1.29, 1.82) is 0 Å². The first-order chi connectivity index (χ1) is 5.43. The predicted octanol–water partition coefficient (Wildman–Crippen LogP) is 1.86. The van der Waals surface area contributed by atoms with Crippen molar-refractivity contribution in [3.63, 3.8) is 0 Å². The molecule has 0 aliphatic heterocycles. The molecule has 0 fully saturated rings. The van der Waals surface area contributed by atoms with Crippen molar-refractivity contribution in [1.82, 2.24) is 4.37 Å². The summed E-state index contributed by atoms with van der Waals surface area (Å²) in [6, 6.07) is 0. The summed E-state index contributed by atoms with van der Waals surface area (Å²) in [6.45, 7) is 0. The number of rotatable bonds is 1. The second kappa shape index (κ2) is 2.74. The first-order valence-electron chi connectivity index (χ1n) is 2.68. The number of aromatic nitrogens is 1. The van der Waals surface area contributed by atoms with Crippen LogP contribution in [-0.4, -0.2) is 15.4 Å². The highest BCUT2D eigenvalue weighted by molar-refractivity contribution is 7.06. The molecule has 1 aromatic rings. The van der Waals surface area contributed by atoms with Crippen molar-refractivity contribution in [3.05, 3.63) is 16.6 Å². The van der Waals surface area contributed by atoms with Gasteiger partial charge in [-0.2, -0.15) is 17.5 Å². The van der Waals surface area contributed by atoms with Gasteiger partial charge in [0.15, 0.2) is 0 Å². The maximum absolute atomic E-state index is 11.9. The van der Waals surface area contributed by atoms with Gasteiger partial charge in [-0.1, -0.05) is 0 Å². The Balaban J connectivity index is 3.17. The molecule has 0 spiro atoms. The molecule has 7 heteroatoms. The Hall–Kier alpha value is -1.11. The smallest absolute Gasteiger partial charge is 0.427 e. The zero-order valence-corrected chi connectivity index (χ0v) is 6.24. The van der Waals surface area contributed by atoms with Crippen molar-refractivity contribution < 1.29 is 23.1 Å². The van der Waals surface area contributed by atoms with Gasteiger partial charge in [0.2, 0.25) is 0 Å². The van der Waals surface area contributed by atoms with Crippen LogP contribution >= 0.6 is 11.5 Å². The summed E-state index contributed by atoms with van der Waals surface area (Å²) in [4.78, 5) is 9.02. The van der Waals surface area contributed by atoms with Gasteiger partial charge in [-0.15, -0.1) is 0 Å². The summed E-state index contributed by atoms with van der Waals surface area (Å²) >= 11 is 0.129. The number of hydrogen-bond acceptors (Lipinski definition) is 3.